The van der Waals surface area contributed by atoms with Crippen molar-refractivity contribution in [2.24, 2.45) is 10.4 Å². The van der Waals surface area contributed by atoms with Crippen LogP contribution in [0.15, 0.2) is 47.2 Å². The Morgan fingerprint density at radius 3 is 2.55 bits per heavy atom. The molecular weight excluding hydrogens is 272 g/mol. The molecule has 112 valence electrons. The third-order valence-corrected chi connectivity index (χ3v) is 4.14. The molecule has 1 aliphatic rings. The van der Waals surface area contributed by atoms with Crippen LogP contribution in [0.4, 0.5) is 0 Å². The van der Waals surface area contributed by atoms with Crippen molar-refractivity contribution in [3.05, 3.63) is 53.5 Å². The van der Waals surface area contributed by atoms with E-state index < -0.39 is 0 Å². The lowest BCUT2D eigenvalue weighted by atomic mass is 9.86. The van der Waals surface area contributed by atoms with Crippen molar-refractivity contribution in [2.75, 3.05) is 0 Å². The van der Waals surface area contributed by atoms with Crippen molar-refractivity contribution in [1.82, 2.24) is 4.98 Å². The van der Waals surface area contributed by atoms with E-state index in [2.05, 4.69) is 67.2 Å². The summed E-state index contributed by atoms with van der Waals surface area (Å²) in [6.07, 6.45) is 5.56. The second-order valence-electron chi connectivity index (χ2n) is 6.48. The molecule has 0 aliphatic carbocycles. The van der Waals surface area contributed by atoms with Crippen molar-refractivity contribution in [3.8, 4) is 11.1 Å². The Kier molecular flexibility index (Phi) is 3.57. The van der Waals surface area contributed by atoms with E-state index in [-0.39, 0.29) is 5.41 Å². The van der Waals surface area contributed by atoms with E-state index in [0.29, 0.717) is 12.1 Å². The normalized spacial score (nSPS) is 18.5. The molecule has 1 aliphatic heterocycles. The molecule has 1 N–H and O–H groups in total. The Labute approximate surface area is 130 Å². The topological polar surface area (TPSA) is 45.2 Å². The number of H-pyrrole nitrogens is 1. The van der Waals surface area contributed by atoms with Crippen LogP contribution < -0.4 is 0 Å². The molecule has 2 aromatic rings. The summed E-state index contributed by atoms with van der Waals surface area (Å²) in [7, 11) is 0. The minimum Gasteiger partial charge on any atom is -0.361 e. The third-order valence-electron chi connectivity index (χ3n) is 4.14. The molecular formula is C19H20N2O. The molecule has 0 unspecified atom stereocenters. The molecule has 0 atom stereocenters. The number of nitrogens with one attached hydrogen (secondary N) is 1. The maximum Gasteiger partial charge on any atom is 0.164 e. The summed E-state index contributed by atoms with van der Waals surface area (Å²) in [4.78, 5) is 18.8. The molecule has 0 amide bonds. The van der Waals surface area contributed by atoms with Crippen LogP contribution in [0.3, 0.4) is 0 Å². The van der Waals surface area contributed by atoms with Gasteiger partial charge in [-0.2, -0.15) is 0 Å². The molecule has 0 spiro atoms. The second kappa shape index (κ2) is 5.41. The van der Waals surface area contributed by atoms with Gasteiger partial charge >= 0.3 is 0 Å². The smallest absolute Gasteiger partial charge is 0.164 e. The molecule has 3 heteroatoms. The fourth-order valence-corrected chi connectivity index (χ4v) is 2.81. The molecule has 3 rings (SSSR count). The SMILES string of the molecule is Cc1ccc(-c2cc[nH]c2/C=C2\N=C(C=O)CC2(C)C)cc1. The average molecular weight is 292 g/mol. The first-order chi connectivity index (χ1) is 10.5. The number of rotatable bonds is 3. The second-order valence-corrected chi connectivity index (χ2v) is 6.48. The Morgan fingerprint density at radius 2 is 1.91 bits per heavy atom. The lowest BCUT2D eigenvalue weighted by Crippen LogP contribution is -2.11. The standard InChI is InChI=1S/C19H20N2O/c1-13-4-6-14(7-5-13)16-8-9-20-17(16)10-18-19(2,3)11-15(12-22)21-18/h4-10,12,20H,11H2,1-3H3/b18-10-. The molecule has 2 heterocycles. The third kappa shape index (κ3) is 2.67. The lowest BCUT2D eigenvalue weighted by Gasteiger charge is -2.17. The molecule has 22 heavy (non-hydrogen) atoms. The number of benzene rings is 1. The largest absolute Gasteiger partial charge is 0.361 e. The summed E-state index contributed by atoms with van der Waals surface area (Å²) >= 11 is 0. The number of nitrogens with zero attached hydrogens (tertiary/aromatic N) is 1. The maximum absolute atomic E-state index is 11.0. The lowest BCUT2D eigenvalue weighted by molar-refractivity contribution is -0.102. The van der Waals surface area contributed by atoms with Gasteiger partial charge in [-0.1, -0.05) is 43.7 Å². The number of aryl methyl sites for hydroxylation is 1. The fraction of sp³-hybridized carbons (Fsp3) is 0.263. The highest BCUT2D eigenvalue weighted by atomic mass is 16.1. The van der Waals surface area contributed by atoms with Crippen LogP contribution in [-0.4, -0.2) is 17.0 Å². The minimum atomic E-state index is -0.105. The van der Waals surface area contributed by atoms with Crippen LogP contribution in [0.25, 0.3) is 17.2 Å². The highest BCUT2D eigenvalue weighted by Gasteiger charge is 2.31. The van der Waals surface area contributed by atoms with Crippen LogP contribution in [0, 0.1) is 12.3 Å². The van der Waals surface area contributed by atoms with Gasteiger partial charge in [0.05, 0.1) is 5.71 Å². The number of aldehydes is 1. The van der Waals surface area contributed by atoms with Gasteiger partial charge in [-0.05, 0) is 24.6 Å². The van der Waals surface area contributed by atoms with E-state index in [1.807, 2.05) is 6.20 Å². The van der Waals surface area contributed by atoms with Gasteiger partial charge in [0.1, 0.15) is 0 Å². The summed E-state index contributed by atoms with van der Waals surface area (Å²) < 4.78 is 0. The highest BCUT2D eigenvalue weighted by Crippen LogP contribution is 2.39. The molecule has 0 saturated heterocycles. The Bertz CT molecular complexity index is 761. The van der Waals surface area contributed by atoms with Crippen molar-refractivity contribution < 1.29 is 4.79 Å². The number of aromatic nitrogens is 1. The monoisotopic (exact) mass is 292 g/mol. The number of hydrogen-bond acceptors (Lipinski definition) is 2. The van der Waals surface area contributed by atoms with Crippen molar-refractivity contribution in [1.29, 1.82) is 0 Å². The zero-order valence-electron chi connectivity index (χ0n) is 13.2. The summed E-state index contributed by atoms with van der Waals surface area (Å²) in [5.41, 5.74) is 6.07. The zero-order valence-corrected chi connectivity index (χ0v) is 13.2. The highest BCUT2D eigenvalue weighted by molar-refractivity contribution is 6.29. The van der Waals surface area contributed by atoms with Gasteiger partial charge in [-0.3, -0.25) is 9.79 Å². The van der Waals surface area contributed by atoms with E-state index in [4.69, 9.17) is 0 Å². The number of hydrogen-bond donors (Lipinski definition) is 1. The Hall–Kier alpha value is -2.42. The van der Waals surface area contributed by atoms with Gasteiger partial charge in [0.2, 0.25) is 0 Å². The van der Waals surface area contributed by atoms with Crippen molar-refractivity contribution in [3.63, 3.8) is 0 Å². The molecule has 1 aromatic heterocycles. The minimum absolute atomic E-state index is 0.105. The fourth-order valence-electron chi connectivity index (χ4n) is 2.81. The van der Waals surface area contributed by atoms with Crippen molar-refractivity contribution in [2.45, 2.75) is 27.2 Å². The van der Waals surface area contributed by atoms with E-state index in [0.717, 1.165) is 23.2 Å². The first-order valence-corrected chi connectivity index (χ1v) is 7.49. The quantitative estimate of drug-likeness (QED) is 0.837. The van der Waals surface area contributed by atoms with Crippen LogP contribution >= 0.6 is 0 Å². The molecule has 0 fully saturated rings. The van der Waals surface area contributed by atoms with Crippen LogP contribution in [0.5, 0.6) is 0 Å². The first kappa shape index (κ1) is 14.5. The summed E-state index contributed by atoms with van der Waals surface area (Å²) in [6, 6.07) is 10.5. The summed E-state index contributed by atoms with van der Waals surface area (Å²) in [5, 5.41) is 0. The van der Waals surface area contributed by atoms with Crippen LogP contribution in [-0.2, 0) is 4.79 Å². The number of aliphatic imine (C=N–C) groups is 1. The average Bonchev–Trinajstić information content (AvgIpc) is 3.05. The van der Waals surface area contributed by atoms with Gasteiger partial charge in [0.25, 0.3) is 0 Å². The van der Waals surface area contributed by atoms with E-state index in [1.165, 1.54) is 11.1 Å². The van der Waals surface area contributed by atoms with Gasteiger partial charge < -0.3 is 4.98 Å². The number of carbonyl (C=O) groups excluding carboxylic acids is 1. The van der Waals surface area contributed by atoms with Gasteiger partial charge in [-0.25, -0.2) is 0 Å². The number of allylic oxidation sites excluding steroid dienone is 1. The first-order valence-electron chi connectivity index (χ1n) is 7.49. The molecule has 0 bridgehead atoms. The van der Waals surface area contributed by atoms with E-state index in [9.17, 15) is 4.79 Å². The van der Waals surface area contributed by atoms with Gasteiger partial charge in [-0.15, -0.1) is 0 Å². The van der Waals surface area contributed by atoms with Crippen molar-refractivity contribution >= 4 is 18.1 Å². The number of carbonyl (C=O) groups is 1. The molecule has 1 aromatic carbocycles. The summed E-state index contributed by atoms with van der Waals surface area (Å²) in [6.45, 7) is 6.32. The Morgan fingerprint density at radius 1 is 1.18 bits per heavy atom. The van der Waals surface area contributed by atoms with E-state index in [1.54, 1.807) is 0 Å². The molecule has 3 nitrogen and oxygen atoms in total. The molecule has 0 saturated carbocycles. The van der Waals surface area contributed by atoms with Crippen LogP contribution in [0.2, 0.25) is 0 Å². The van der Waals surface area contributed by atoms with Crippen LogP contribution in [0.1, 0.15) is 31.5 Å². The predicted octanol–water partition coefficient (Wildman–Crippen LogP) is 4.40. The predicted molar refractivity (Wildman–Crippen MR) is 90.8 cm³/mol. The maximum atomic E-state index is 11.0. The van der Waals surface area contributed by atoms with Gasteiger partial charge in [0.15, 0.2) is 6.29 Å². The van der Waals surface area contributed by atoms with E-state index >= 15 is 0 Å². The van der Waals surface area contributed by atoms with Gasteiger partial charge in [0, 0.05) is 35.0 Å². The number of aromatic amines is 1. The Balaban J connectivity index is 2.02. The molecule has 0 radical (unpaired) electrons. The summed E-state index contributed by atoms with van der Waals surface area (Å²) in [5.74, 6) is 0. The zero-order chi connectivity index (χ0) is 15.7.